The molecule has 0 aromatic heterocycles. The number of benzene rings is 2. The van der Waals surface area contributed by atoms with E-state index in [1.807, 2.05) is 30.3 Å². The van der Waals surface area contributed by atoms with Gasteiger partial charge in [0.1, 0.15) is 5.25 Å². The van der Waals surface area contributed by atoms with E-state index in [9.17, 15) is 9.59 Å². The van der Waals surface area contributed by atoms with Crippen LogP contribution in [0.5, 0.6) is 0 Å². The van der Waals surface area contributed by atoms with E-state index in [0.717, 1.165) is 5.56 Å². The lowest BCUT2D eigenvalue weighted by Crippen LogP contribution is -2.28. The average Bonchev–Trinajstić information content (AvgIpc) is 2.97. The summed E-state index contributed by atoms with van der Waals surface area (Å²) in [6.07, 6.45) is 0.0176. The van der Waals surface area contributed by atoms with Crippen LogP contribution < -0.4 is 10.6 Å². The predicted octanol–water partition coefficient (Wildman–Crippen LogP) is 4.11. The Hall–Kier alpha value is -2.02. The summed E-state index contributed by atoms with van der Waals surface area (Å²) in [5.74, 6) is -0.541. The van der Waals surface area contributed by atoms with Crippen LogP contribution >= 0.6 is 35.0 Å². The topological polar surface area (TPSA) is 70.6 Å². The number of rotatable bonds is 5. The Morgan fingerprint density at radius 3 is 2.69 bits per heavy atom. The molecule has 0 saturated carbocycles. The second-order valence-corrected chi connectivity index (χ2v) is 7.53. The first-order valence-electron chi connectivity index (χ1n) is 7.82. The Morgan fingerprint density at radius 2 is 1.92 bits per heavy atom. The van der Waals surface area contributed by atoms with Crippen LogP contribution in [0.15, 0.2) is 53.5 Å². The monoisotopic (exact) mass is 407 g/mol. The molecule has 1 aliphatic rings. The Bertz CT molecular complexity index is 859. The van der Waals surface area contributed by atoms with Crippen molar-refractivity contribution in [3.8, 4) is 0 Å². The third-order valence-corrected chi connectivity index (χ3v) is 5.56. The lowest BCUT2D eigenvalue weighted by molar-refractivity contribution is -0.122. The quantitative estimate of drug-likeness (QED) is 0.782. The lowest BCUT2D eigenvalue weighted by Gasteiger charge is -2.09. The SMILES string of the molecule is O=C(C[C@H]1SC(=NCc2ccccc2)NC1=O)Nc1cccc(Cl)c1Cl. The number of carbonyl (C=O) groups excluding carboxylic acids is 2. The molecule has 1 atom stereocenters. The zero-order valence-electron chi connectivity index (χ0n) is 13.5. The average molecular weight is 408 g/mol. The molecule has 0 bridgehead atoms. The first kappa shape index (κ1) is 18.8. The molecule has 2 aromatic carbocycles. The molecular formula is C18H15Cl2N3O2S. The van der Waals surface area contributed by atoms with Crippen LogP contribution in [0.2, 0.25) is 10.0 Å². The van der Waals surface area contributed by atoms with Gasteiger partial charge in [-0.3, -0.25) is 14.6 Å². The van der Waals surface area contributed by atoms with Gasteiger partial charge in [-0.25, -0.2) is 0 Å². The molecular weight excluding hydrogens is 393 g/mol. The maximum Gasteiger partial charge on any atom is 0.240 e. The van der Waals surface area contributed by atoms with E-state index in [1.165, 1.54) is 11.8 Å². The Morgan fingerprint density at radius 1 is 1.15 bits per heavy atom. The van der Waals surface area contributed by atoms with Crippen LogP contribution in [-0.4, -0.2) is 22.2 Å². The van der Waals surface area contributed by atoms with Gasteiger partial charge in [0, 0.05) is 6.42 Å². The molecule has 5 nitrogen and oxygen atoms in total. The fraction of sp³-hybridized carbons (Fsp3) is 0.167. The molecule has 26 heavy (non-hydrogen) atoms. The third kappa shape index (κ3) is 4.78. The number of hydrogen-bond donors (Lipinski definition) is 2. The fourth-order valence-electron chi connectivity index (χ4n) is 2.33. The highest BCUT2D eigenvalue weighted by Gasteiger charge is 2.32. The van der Waals surface area contributed by atoms with Gasteiger partial charge in [0.15, 0.2) is 5.17 Å². The molecule has 0 aliphatic carbocycles. The minimum absolute atomic E-state index is 0.0176. The predicted molar refractivity (Wildman–Crippen MR) is 107 cm³/mol. The number of nitrogens with one attached hydrogen (secondary N) is 2. The minimum atomic E-state index is -0.525. The maximum absolute atomic E-state index is 12.2. The van der Waals surface area contributed by atoms with Crippen molar-refractivity contribution in [2.24, 2.45) is 4.99 Å². The van der Waals surface area contributed by atoms with Crippen LogP contribution in [0.1, 0.15) is 12.0 Å². The molecule has 0 unspecified atom stereocenters. The number of thioether (sulfide) groups is 1. The van der Waals surface area contributed by atoms with Gasteiger partial charge in [0.25, 0.3) is 0 Å². The smallest absolute Gasteiger partial charge is 0.240 e. The Balaban J connectivity index is 1.57. The second-order valence-electron chi connectivity index (χ2n) is 5.56. The van der Waals surface area contributed by atoms with Gasteiger partial charge in [-0.15, -0.1) is 0 Å². The summed E-state index contributed by atoms with van der Waals surface area (Å²) < 4.78 is 0. The standard InChI is InChI=1S/C18H15Cl2N3O2S/c19-12-7-4-8-13(16(12)20)22-15(24)9-14-17(25)23-18(26-14)21-10-11-5-2-1-3-6-11/h1-8,14H,9-10H2,(H,22,24)(H,21,23,25)/t14-/m1/s1. The second kappa shape index (κ2) is 8.58. The summed E-state index contributed by atoms with van der Waals surface area (Å²) >= 11 is 13.2. The van der Waals surface area contributed by atoms with Crippen molar-refractivity contribution in [3.05, 3.63) is 64.1 Å². The number of halogens is 2. The molecule has 8 heteroatoms. The molecule has 134 valence electrons. The number of carbonyl (C=O) groups is 2. The van der Waals surface area contributed by atoms with E-state index in [1.54, 1.807) is 18.2 Å². The van der Waals surface area contributed by atoms with E-state index in [2.05, 4.69) is 15.6 Å². The van der Waals surface area contributed by atoms with Crippen molar-refractivity contribution in [1.29, 1.82) is 0 Å². The molecule has 2 amide bonds. The molecule has 1 fully saturated rings. The van der Waals surface area contributed by atoms with Crippen molar-refractivity contribution in [2.75, 3.05) is 5.32 Å². The van der Waals surface area contributed by atoms with Crippen molar-refractivity contribution in [1.82, 2.24) is 5.32 Å². The van der Waals surface area contributed by atoms with Crippen LogP contribution in [0, 0.1) is 0 Å². The first-order chi connectivity index (χ1) is 12.5. The maximum atomic E-state index is 12.2. The number of amides is 2. The highest BCUT2D eigenvalue weighted by molar-refractivity contribution is 8.15. The zero-order valence-corrected chi connectivity index (χ0v) is 15.9. The summed E-state index contributed by atoms with van der Waals surface area (Å²) in [4.78, 5) is 28.7. The highest BCUT2D eigenvalue weighted by atomic mass is 35.5. The highest BCUT2D eigenvalue weighted by Crippen LogP contribution is 2.30. The van der Waals surface area contributed by atoms with Gasteiger partial charge in [-0.05, 0) is 17.7 Å². The summed E-state index contributed by atoms with van der Waals surface area (Å²) in [6, 6.07) is 14.7. The van der Waals surface area contributed by atoms with Crippen molar-refractivity contribution < 1.29 is 9.59 Å². The van der Waals surface area contributed by atoms with Gasteiger partial charge in [0.05, 0.1) is 22.3 Å². The molecule has 1 aliphatic heterocycles. The van der Waals surface area contributed by atoms with Crippen LogP contribution in [-0.2, 0) is 16.1 Å². The normalized spacial score (nSPS) is 18.0. The summed E-state index contributed by atoms with van der Waals surface area (Å²) in [5.41, 5.74) is 1.47. The molecule has 3 rings (SSSR count). The molecule has 0 spiro atoms. The number of nitrogens with zero attached hydrogens (tertiary/aromatic N) is 1. The van der Waals surface area contributed by atoms with E-state index < -0.39 is 5.25 Å². The summed E-state index contributed by atoms with van der Waals surface area (Å²) in [6.45, 7) is 0.473. The van der Waals surface area contributed by atoms with Gasteiger partial charge >= 0.3 is 0 Å². The molecule has 2 N–H and O–H groups in total. The largest absolute Gasteiger partial charge is 0.325 e. The summed E-state index contributed by atoms with van der Waals surface area (Å²) in [5, 5.41) is 6.02. The van der Waals surface area contributed by atoms with E-state index in [4.69, 9.17) is 23.2 Å². The van der Waals surface area contributed by atoms with Crippen LogP contribution in [0.3, 0.4) is 0 Å². The minimum Gasteiger partial charge on any atom is -0.325 e. The first-order valence-corrected chi connectivity index (χ1v) is 9.46. The van der Waals surface area contributed by atoms with Crippen LogP contribution in [0.4, 0.5) is 5.69 Å². The molecule has 1 saturated heterocycles. The van der Waals surface area contributed by atoms with Gasteiger partial charge < -0.3 is 10.6 Å². The summed E-state index contributed by atoms with van der Waals surface area (Å²) in [7, 11) is 0. The molecule has 1 heterocycles. The Kier molecular flexibility index (Phi) is 6.19. The van der Waals surface area contributed by atoms with Gasteiger partial charge in [-0.1, -0.05) is 71.4 Å². The van der Waals surface area contributed by atoms with Crippen molar-refractivity contribution in [3.63, 3.8) is 0 Å². The van der Waals surface area contributed by atoms with Gasteiger partial charge in [0.2, 0.25) is 11.8 Å². The van der Waals surface area contributed by atoms with Crippen LogP contribution in [0.25, 0.3) is 0 Å². The van der Waals surface area contributed by atoms with Gasteiger partial charge in [-0.2, -0.15) is 0 Å². The third-order valence-electron chi connectivity index (χ3n) is 3.62. The van der Waals surface area contributed by atoms with Crippen molar-refractivity contribution in [2.45, 2.75) is 18.2 Å². The number of aliphatic imine (C=N–C) groups is 1. The van der Waals surface area contributed by atoms with Crippen molar-refractivity contribution >= 4 is 57.6 Å². The van der Waals surface area contributed by atoms with E-state index in [-0.39, 0.29) is 23.3 Å². The molecule has 2 aromatic rings. The zero-order chi connectivity index (χ0) is 18.5. The number of hydrogen-bond acceptors (Lipinski definition) is 4. The van der Waals surface area contributed by atoms with E-state index >= 15 is 0 Å². The fourth-order valence-corrected chi connectivity index (χ4v) is 3.65. The lowest BCUT2D eigenvalue weighted by atomic mass is 10.2. The molecule has 0 radical (unpaired) electrons. The number of anilines is 1. The van der Waals surface area contributed by atoms with E-state index in [0.29, 0.717) is 22.4 Å². The Labute approximate surface area is 165 Å². The number of amidine groups is 1.